The van der Waals surface area contributed by atoms with Crippen LogP contribution in [0.25, 0.3) is 0 Å². The van der Waals surface area contributed by atoms with Gasteiger partial charge < -0.3 is 15.1 Å². The van der Waals surface area contributed by atoms with Crippen molar-refractivity contribution in [3.8, 4) is 0 Å². The van der Waals surface area contributed by atoms with Crippen molar-refractivity contribution in [3.05, 3.63) is 35.9 Å². The van der Waals surface area contributed by atoms with Crippen molar-refractivity contribution in [1.29, 1.82) is 0 Å². The molecule has 6 nitrogen and oxygen atoms in total. The van der Waals surface area contributed by atoms with Gasteiger partial charge in [0.1, 0.15) is 11.6 Å². The summed E-state index contributed by atoms with van der Waals surface area (Å²) < 4.78 is 46.8. The minimum Gasteiger partial charge on any atom is -0.467 e. The Hall–Kier alpha value is -2.45. The van der Waals surface area contributed by atoms with Crippen LogP contribution >= 0.6 is 0 Å². The van der Waals surface area contributed by atoms with E-state index in [0.29, 0.717) is 5.76 Å². The summed E-state index contributed by atoms with van der Waals surface area (Å²) in [6.07, 6.45) is 0.571. The zero-order valence-electron chi connectivity index (χ0n) is 13.9. The first-order chi connectivity index (χ1) is 12.4. The van der Waals surface area contributed by atoms with Crippen LogP contribution < -0.4 is 10.6 Å². The molecule has 26 heavy (non-hydrogen) atoms. The predicted molar refractivity (Wildman–Crippen MR) is 86.7 cm³/mol. The number of nitrogens with zero attached hydrogens (tertiary/aromatic N) is 2. The molecule has 0 unspecified atom stereocenters. The molecule has 2 atom stereocenters. The fourth-order valence-corrected chi connectivity index (χ4v) is 3.69. The van der Waals surface area contributed by atoms with Crippen LogP contribution in [-0.2, 0) is 0 Å². The fourth-order valence-electron chi connectivity index (χ4n) is 3.69. The number of furan rings is 1. The predicted octanol–water partition coefficient (Wildman–Crippen LogP) is 3.81. The monoisotopic (exact) mass is 368 g/mol. The van der Waals surface area contributed by atoms with E-state index in [1.54, 1.807) is 12.1 Å². The minimum absolute atomic E-state index is 0.00579. The average Bonchev–Trinajstić information content (AvgIpc) is 3.33. The second-order valence-electron chi connectivity index (χ2n) is 6.82. The molecule has 2 aromatic heterocycles. The maximum absolute atomic E-state index is 13.6. The summed E-state index contributed by atoms with van der Waals surface area (Å²) in [4.78, 5) is 12.4. The van der Waals surface area contributed by atoms with Crippen molar-refractivity contribution in [2.45, 2.75) is 56.4 Å². The van der Waals surface area contributed by atoms with Gasteiger partial charge in [0.2, 0.25) is 0 Å². The maximum Gasteiger partial charge on any atom is 0.410 e. The third-order valence-corrected chi connectivity index (χ3v) is 5.00. The highest BCUT2D eigenvalue weighted by molar-refractivity contribution is 5.93. The van der Waals surface area contributed by atoms with E-state index >= 15 is 0 Å². The number of nitrogens with one attached hydrogen (secondary N) is 2. The van der Waals surface area contributed by atoms with Crippen LogP contribution in [0.3, 0.4) is 0 Å². The molecule has 140 valence electrons. The highest BCUT2D eigenvalue weighted by Gasteiger charge is 2.47. The summed E-state index contributed by atoms with van der Waals surface area (Å²) in [5.74, 6) is 0.149. The standard InChI is InChI=1S/C17H19F3N4O2/c18-17(19,20)14-8-11(13-6-3-7-26-13)22-15-9-12(23-24(14)15)16(25)21-10-4-1-2-5-10/h3,6-7,9-11,14,22H,1-2,4-5,8H2,(H,21,25)/t11-,14+/m0/s1. The molecule has 1 aliphatic heterocycles. The molecule has 1 aliphatic carbocycles. The van der Waals surface area contributed by atoms with Gasteiger partial charge in [-0.25, -0.2) is 4.68 Å². The summed E-state index contributed by atoms with van der Waals surface area (Å²) in [6.45, 7) is 0. The van der Waals surface area contributed by atoms with E-state index in [2.05, 4.69) is 15.7 Å². The van der Waals surface area contributed by atoms with Crippen LogP contribution in [0.15, 0.2) is 28.9 Å². The fraction of sp³-hybridized carbons (Fsp3) is 0.529. The van der Waals surface area contributed by atoms with Gasteiger partial charge in [-0.3, -0.25) is 4.79 Å². The summed E-state index contributed by atoms with van der Waals surface area (Å²) in [7, 11) is 0. The summed E-state index contributed by atoms with van der Waals surface area (Å²) >= 11 is 0. The molecule has 0 radical (unpaired) electrons. The lowest BCUT2D eigenvalue weighted by atomic mass is 10.0. The molecule has 1 fully saturated rings. The Bertz CT molecular complexity index is 779. The normalized spacial score (nSPS) is 23.5. The lowest BCUT2D eigenvalue weighted by molar-refractivity contribution is -0.174. The number of rotatable bonds is 3. The largest absolute Gasteiger partial charge is 0.467 e. The second kappa shape index (κ2) is 6.37. The van der Waals surface area contributed by atoms with Crippen molar-refractivity contribution in [2.75, 3.05) is 5.32 Å². The van der Waals surface area contributed by atoms with E-state index in [1.165, 1.54) is 12.3 Å². The molecule has 4 rings (SSSR count). The van der Waals surface area contributed by atoms with Crippen molar-refractivity contribution < 1.29 is 22.4 Å². The number of carbonyl (C=O) groups is 1. The molecule has 0 aromatic carbocycles. The van der Waals surface area contributed by atoms with Crippen molar-refractivity contribution in [1.82, 2.24) is 15.1 Å². The van der Waals surface area contributed by atoms with Crippen molar-refractivity contribution >= 4 is 11.7 Å². The van der Waals surface area contributed by atoms with E-state index in [-0.39, 0.29) is 24.0 Å². The molecule has 2 N–H and O–H groups in total. The van der Waals surface area contributed by atoms with Crippen molar-refractivity contribution in [3.63, 3.8) is 0 Å². The molecular formula is C17H19F3N4O2. The Kier molecular flexibility index (Phi) is 4.16. The maximum atomic E-state index is 13.6. The van der Waals surface area contributed by atoms with Gasteiger partial charge in [0, 0.05) is 18.5 Å². The Morgan fingerprint density at radius 1 is 1.35 bits per heavy atom. The molecule has 0 saturated heterocycles. The lowest BCUT2D eigenvalue weighted by Gasteiger charge is -2.32. The number of alkyl halides is 3. The Morgan fingerprint density at radius 2 is 2.12 bits per heavy atom. The molecule has 1 saturated carbocycles. The molecule has 2 aliphatic rings. The van der Waals surface area contributed by atoms with Crippen LogP contribution in [0, 0.1) is 0 Å². The Balaban J connectivity index is 1.61. The number of amides is 1. The second-order valence-corrected chi connectivity index (χ2v) is 6.82. The number of carbonyl (C=O) groups excluding carboxylic acids is 1. The summed E-state index contributed by atoms with van der Waals surface area (Å²) in [6, 6.07) is 2.26. The highest BCUT2D eigenvalue weighted by atomic mass is 19.4. The number of hydrogen-bond donors (Lipinski definition) is 2. The van der Waals surface area contributed by atoms with Crippen molar-refractivity contribution in [2.24, 2.45) is 0 Å². The third kappa shape index (κ3) is 3.17. The van der Waals surface area contributed by atoms with E-state index in [1.807, 2.05) is 0 Å². The van der Waals surface area contributed by atoms with Gasteiger partial charge in [-0.15, -0.1) is 0 Å². The lowest BCUT2D eigenvalue weighted by Crippen LogP contribution is -2.36. The van der Waals surface area contributed by atoms with Crippen LogP contribution in [0.4, 0.5) is 19.0 Å². The van der Waals surface area contributed by atoms with Crippen LogP contribution in [0.2, 0.25) is 0 Å². The molecule has 0 bridgehead atoms. The molecule has 3 heterocycles. The quantitative estimate of drug-likeness (QED) is 0.864. The molecule has 9 heteroatoms. The van der Waals surface area contributed by atoms with Crippen LogP contribution in [-0.4, -0.2) is 27.9 Å². The third-order valence-electron chi connectivity index (χ3n) is 5.00. The van der Waals surface area contributed by atoms with Gasteiger partial charge in [-0.05, 0) is 25.0 Å². The van der Waals surface area contributed by atoms with Crippen LogP contribution in [0.1, 0.15) is 60.4 Å². The van der Waals surface area contributed by atoms with E-state index in [4.69, 9.17) is 4.42 Å². The first-order valence-electron chi connectivity index (χ1n) is 8.69. The highest BCUT2D eigenvalue weighted by Crippen LogP contribution is 2.43. The van der Waals surface area contributed by atoms with Gasteiger partial charge in [-0.1, -0.05) is 12.8 Å². The zero-order valence-corrected chi connectivity index (χ0v) is 13.9. The minimum atomic E-state index is -4.48. The molecule has 1 amide bonds. The van der Waals surface area contributed by atoms with Gasteiger partial charge in [0.15, 0.2) is 11.7 Å². The number of halogens is 3. The number of aromatic nitrogens is 2. The van der Waals surface area contributed by atoms with E-state index in [0.717, 1.165) is 30.4 Å². The first-order valence-corrected chi connectivity index (χ1v) is 8.69. The van der Waals surface area contributed by atoms with Gasteiger partial charge in [0.25, 0.3) is 5.91 Å². The Morgan fingerprint density at radius 3 is 2.77 bits per heavy atom. The molecular weight excluding hydrogens is 349 g/mol. The topological polar surface area (TPSA) is 72.1 Å². The first kappa shape index (κ1) is 17.0. The van der Waals surface area contributed by atoms with Crippen LogP contribution in [0.5, 0.6) is 0 Å². The Labute approximate surface area is 147 Å². The van der Waals surface area contributed by atoms with E-state index < -0.39 is 24.2 Å². The van der Waals surface area contributed by atoms with Gasteiger partial charge in [0.05, 0.1) is 12.3 Å². The molecule has 2 aromatic rings. The summed E-state index contributed by atoms with van der Waals surface area (Å²) in [5, 5.41) is 9.80. The number of anilines is 1. The van der Waals surface area contributed by atoms with Gasteiger partial charge >= 0.3 is 6.18 Å². The zero-order chi connectivity index (χ0) is 18.3. The SMILES string of the molecule is O=C(NC1CCCC1)c1cc2n(n1)[C@@H](C(F)(F)F)C[C@@H](c1ccco1)N2. The number of fused-ring (bicyclic) bond motifs is 1. The average molecular weight is 368 g/mol. The summed E-state index contributed by atoms with van der Waals surface area (Å²) in [5.41, 5.74) is -0.00579. The van der Waals surface area contributed by atoms with Gasteiger partial charge in [-0.2, -0.15) is 18.3 Å². The van der Waals surface area contributed by atoms with E-state index in [9.17, 15) is 18.0 Å². The molecule has 0 spiro atoms. The smallest absolute Gasteiger partial charge is 0.410 e. The number of hydrogen-bond acceptors (Lipinski definition) is 4.